The monoisotopic (exact) mass is 411 g/mol. The molecule has 0 amide bonds. The van der Waals surface area contributed by atoms with Gasteiger partial charge in [0.05, 0.1) is 23.2 Å². The van der Waals surface area contributed by atoms with E-state index in [-0.39, 0.29) is 5.02 Å². The summed E-state index contributed by atoms with van der Waals surface area (Å²) in [7, 11) is 1.62. The van der Waals surface area contributed by atoms with Gasteiger partial charge in [0, 0.05) is 23.6 Å². The van der Waals surface area contributed by atoms with Crippen molar-refractivity contribution in [1.29, 1.82) is 0 Å². The highest BCUT2D eigenvalue weighted by atomic mass is 35.5. The van der Waals surface area contributed by atoms with Crippen molar-refractivity contribution >= 4 is 34.0 Å². The topological polar surface area (TPSA) is 47.0 Å². The largest absolute Gasteiger partial charge is 0.495 e. The van der Waals surface area contributed by atoms with Crippen LogP contribution in [0.2, 0.25) is 5.02 Å². The minimum atomic E-state index is -0.467. The zero-order valence-corrected chi connectivity index (χ0v) is 17.3. The molecule has 1 aromatic heterocycles. The van der Waals surface area contributed by atoms with Gasteiger partial charge < -0.3 is 10.1 Å². The van der Waals surface area contributed by atoms with Crippen LogP contribution in [0, 0.1) is 17.7 Å². The molecule has 3 rings (SSSR count). The van der Waals surface area contributed by atoms with E-state index in [1.807, 2.05) is 12.1 Å². The highest BCUT2D eigenvalue weighted by Crippen LogP contribution is 2.30. The molecule has 0 bridgehead atoms. The molecule has 29 heavy (non-hydrogen) atoms. The van der Waals surface area contributed by atoms with Gasteiger partial charge in [0.15, 0.2) is 0 Å². The Labute approximate surface area is 175 Å². The first-order chi connectivity index (χ1) is 14.1. The number of unbranched alkanes of at least 4 members (excludes halogenated alkanes) is 4. The van der Waals surface area contributed by atoms with Crippen molar-refractivity contribution in [2.45, 2.75) is 39.0 Å². The summed E-state index contributed by atoms with van der Waals surface area (Å²) < 4.78 is 18.9. The van der Waals surface area contributed by atoms with Crippen molar-refractivity contribution in [3.05, 3.63) is 53.1 Å². The number of methoxy groups -OCH3 is 1. The lowest BCUT2D eigenvalue weighted by molar-refractivity contribution is 0.414. The van der Waals surface area contributed by atoms with E-state index in [2.05, 4.69) is 34.0 Å². The van der Waals surface area contributed by atoms with Gasteiger partial charge in [-0.05, 0) is 30.7 Å². The van der Waals surface area contributed by atoms with Crippen LogP contribution in [0.25, 0.3) is 10.9 Å². The highest BCUT2D eigenvalue weighted by molar-refractivity contribution is 6.31. The van der Waals surface area contributed by atoms with Crippen LogP contribution in [0.15, 0.2) is 36.7 Å². The van der Waals surface area contributed by atoms with E-state index in [1.165, 1.54) is 37.7 Å². The quantitative estimate of drug-likeness (QED) is 0.356. The van der Waals surface area contributed by atoms with Crippen molar-refractivity contribution in [3.63, 3.8) is 0 Å². The third-order valence-electron chi connectivity index (χ3n) is 4.52. The second-order valence-corrected chi connectivity index (χ2v) is 7.07. The molecular weight excluding hydrogens is 389 g/mol. The predicted octanol–water partition coefficient (Wildman–Crippen LogP) is 6.50. The normalized spacial score (nSPS) is 10.5. The molecule has 0 spiro atoms. The first kappa shape index (κ1) is 20.9. The van der Waals surface area contributed by atoms with Crippen LogP contribution in [-0.2, 0) is 0 Å². The van der Waals surface area contributed by atoms with Crippen LogP contribution in [0.1, 0.15) is 44.6 Å². The zero-order chi connectivity index (χ0) is 20.6. The van der Waals surface area contributed by atoms with Crippen LogP contribution < -0.4 is 10.1 Å². The van der Waals surface area contributed by atoms with Crippen molar-refractivity contribution in [3.8, 4) is 17.6 Å². The summed E-state index contributed by atoms with van der Waals surface area (Å²) in [6, 6.07) is 8.20. The summed E-state index contributed by atoms with van der Waals surface area (Å²) in [5.41, 5.74) is 2.14. The maximum atomic E-state index is 13.4. The van der Waals surface area contributed by atoms with Gasteiger partial charge in [-0.3, -0.25) is 0 Å². The van der Waals surface area contributed by atoms with Gasteiger partial charge in [0.25, 0.3) is 0 Å². The fourth-order valence-electron chi connectivity index (χ4n) is 2.96. The molecule has 0 atom stereocenters. The Morgan fingerprint density at radius 1 is 1.14 bits per heavy atom. The van der Waals surface area contributed by atoms with E-state index in [0.29, 0.717) is 17.3 Å². The maximum Gasteiger partial charge on any atom is 0.141 e. The molecule has 0 radical (unpaired) electrons. The van der Waals surface area contributed by atoms with Crippen molar-refractivity contribution in [1.82, 2.24) is 9.97 Å². The summed E-state index contributed by atoms with van der Waals surface area (Å²) in [6.45, 7) is 2.19. The van der Waals surface area contributed by atoms with Gasteiger partial charge in [-0.1, -0.05) is 49.6 Å². The van der Waals surface area contributed by atoms with E-state index in [1.54, 1.807) is 13.2 Å². The van der Waals surface area contributed by atoms with Gasteiger partial charge in [0.2, 0.25) is 0 Å². The second kappa shape index (κ2) is 10.1. The first-order valence-corrected chi connectivity index (χ1v) is 10.0. The minimum Gasteiger partial charge on any atom is -0.495 e. The molecule has 0 fully saturated rings. The number of nitrogens with zero attached hydrogens (tertiary/aromatic N) is 2. The van der Waals surface area contributed by atoms with E-state index >= 15 is 0 Å². The molecule has 1 heterocycles. The molecule has 2 aromatic carbocycles. The third-order valence-corrected chi connectivity index (χ3v) is 4.81. The molecule has 0 unspecified atom stereocenters. The molecule has 0 saturated heterocycles. The molecule has 4 nitrogen and oxygen atoms in total. The van der Waals surface area contributed by atoms with Gasteiger partial charge in [-0.15, -0.1) is 0 Å². The summed E-state index contributed by atoms with van der Waals surface area (Å²) in [4.78, 5) is 8.66. The van der Waals surface area contributed by atoms with Crippen LogP contribution >= 0.6 is 11.6 Å². The Hall–Kier alpha value is -2.84. The zero-order valence-electron chi connectivity index (χ0n) is 16.6. The molecule has 0 aliphatic carbocycles. The van der Waals surface area contributed by atoms with E-state index in [4.69, 9.17) is 16.3 Å². The fourth-order valence-corrected chi connectivity index (χ4v) is 3.14. The smallest absolute Gasteiger partial charge is 0.141 e. The molecule has 1 N–H and O–H groups in total. The Morgan fingerprint density at radius 3 is 2.76 bits per heavy atom. The number of nitrogens with one attached hydrogen (secondary N) is 1. The number of anilines is 2. The van der Waals surface area contributed by atoms with Crippen LogP contribution in [0.4, 0.5) is 15.9 Å². The number of rotatable bonds is 7. The van der Waals surface area contributed by atoms with E-state index in [0.717, 1.165) is 29.3 Å². The molecule has 3 aromatic rings. The predicted molar refractivity (Wildman–Crippen MR) is 116 cm³/mol. The standard InChI is InChI=1S/C23H23ClFN3O/c1-3-4-5-6-7-8-9-16-12-18-21(14-22(16)29-2)26-15-27-23(18)28-17-10-11-20(25)19(24)13-17/h10-15H,3-7H2,1-2H3,(H,26,27,28). The Morgan fingerprint density at radius 2 is 2.00 bits per heavy atom. The molecule has 0 aliphatic heterocycles. The Kier molecular flexibility index (Phi) is 7.26. The van der Waals surface area contributed by atoms with Crippen LogP contribution in [0.3, 0.4) is 0 Å². The number of benzene rings is 2. The fraction of sp³-hybridized carbons (Fsp3) is 0.304. The molecule has 6 heteroatoms. The van der Waals surface area contributed by atoms with Crippen molar-refractivity contribution < 1.29 is 9.13 Å². The second-order valence-electron chi connectivity index (χ2n) is 6.66. The van der Waals surface area contributed by atoms with E-state index in [9.17, 15) is 4.39 Å². The summed E-state index contributed by atoms with van der Waals surface area (Å²) >= 11 is 5.88. The number of aromatic nitrogens is 2. The number of fused-ring (bicyclic) bond motifs is 1. The number of hydrogen-bond acceptors (Lipinski definition) is 4. The Bertz CT molecular complexity index is 1060. The molecule has 0 saturated carbocycles. The van der Waals surface area contributed by atoms with Crippen molar-refractivity contribution in [2.75, 3.05) is 12.4 Å². The highest BCUT2D eigenvalue weighted by Gasteiger charge is 2.10. The lowest BCUT2D eigenvalue weighted by Gasteiger charge is -2.11. The average Bonchev–Trinajstić information content (AvgIpc) is 2.73. The van der Waals surface area contributed by atoms with Crippen molar-refractivity contribution in [2.24, 2.45) is 0 Å². The van der Waals surface area contributed by atoms with Crippen LogP contribution in [-0.4, -0.2) is 17.1 Å². The van der Waals surface area contributed by atoms with Gasteiger partial charge in [-0.25, -0.2) is 14.4 Å². The number of ether oxygens (including phenoxy) is 1. The van der Waals surface area contributed by atoms with Gasteiger partial charge in [-0.2, -0.15) is 0 Å². The molecule has 0 aliphatic rings. The average molecular weight is 412 g/mol. The molecular formula is C23H23ClFN3O. The third kappa shape index (κ3) is 5.36. The van der Waals surface area contributed by atoms with E-state index < -0.39 is 5.82 Å². The van der Waals surface area contributed by atoms with Crippen LogP contribution in [0.5, 0.6) is 5.75 Å². The number of hydrogen-bond donors (Lipinski definition) is 1. The Balaban J connectivity index is 1.91. The molecule has 150 valence electrons. The lowest BCUT2D eigenvalue weighted by Crippen LogP contribution is -1.98. The van der Waals surface area contributed by atoms with Gasteiger partial charge in [0.1, 0.15) is 23.7 Å². The van der Waals surface area contributed by atoms with Gasteiger partial charge >= 0.3 is 0 Å². The summed E-state index contributed by atoms with van der Waals surface area (Å²) in [6.07, 6.45) is 7.06. The summed E-state index contributed by atoms with van der Waals surface area (Å²) in [5.74, 6) is 7.24. The maximum absolute atomic E-state index is 13.4. The minimum absolute atomic E-state index is 0.0460. The first-order valence-electron chi connectivity index (χ1n) is 9.66. The SMILES string of the molecule is CCCCCCC#Cc1cc2c(Nc3ccc(F)c(Cl)c3)ncnc2cc1OC. The lowest BCUT2D eigenvalue weighted by atomic mass is 10.1. The summed E-state index contributed by atoms with van der Waals surface area (Å²) in [5, 5.41) is 4.02. The number of halogens is 2.